The number of thioether (sulfide) groups is 3. The standard InChI is InChI=1S/C35H42N10O4S3/c1-45(2)35-44-43-31(49-35)21-17-37-42-27(21)40-29(47)33-39-23-13-12-19(14-26(23)52-33)25-15-20(28(46)36-16-18-8-4-3-5-9-18)32(51-25)41-30(48)34-38-22-10-6-7-11-24(22)50-34/h3-14,20-21,25,27,31-35,37-39,42-44H,15-17H2,1-2H3,(H,36,46)(H,40,47)(H,41,48). The zero-order valence-electron chi connectivity index (χ0n) is 28.6. The van der Waals surface area contributed by atoms with Crippen molar-refractivity contribution in [1.82, 2.24) is 42.6 Å². The Kier molecular flexibility index (Phi) is 10.5. The molecule has 9 N–H and O–H groups in total. The molecule has 0 aromatic heterocycles. The normalized spacial score (nSPS) is 30.3. The van der Waals surface area contributed by atoms with Gasteiger partial charge in [0, 0.05) is 45.4 Å². The summed E-state index contributed by atoms with van der Waals surface area (Å²) in [6.45, 7) is 1.03. The van der Waals surface area contributed by atoms with Crippen LogP contribution in [0.4, 0.5) is 11.4 Å². The first kappa shape index (κ1) is 35.5. The van der Waals surface area contributed by atoms with Crippen molar-refractivity contribution in [1.29, 1.82) is 0 Å². The van der Waals surface area contributed by atoms with E-state index in [-0.39, 0.29) is 47.6 Å². The number of fused-ring (bicyclic) bond motifs is 2. The van der Waals surface area contributed by atoms with Gasteiger partial charge in [-0.3, -0.25) is 24.7 Å². The van der Waals surface area contributed by atoms with Crippen molar-refractivity contribution >= 4 is 64.4 Å². The number of nitrogens with zero attached hydrogens (tertiary/aromatic N) is 1. The van der Waals surface area contributed by atoms with E-state index >= 15 is 0 Å². The van der Waals surface area contributed by atoms with Gasteiger partial charge in [-0.25, -0.2) is 16.3 Å². The third kappa shape index (κ3) is 7.60. The lowest BCUT2D eigenvalue weighted by Crippen LogP contribution is -2.54. The number of nitrogens with one attached hydrogen (secondary N) is 9. The Labute approximate surface area is 314 Å². The molecule has 9 atom stereocenters. The fourth-order valence-electron chi connectivity index (χ4n) is 6.87. The molecule has 5 aliphatic rings. The fourth-order valence-corrected chi connectivity index (χ4v) is 10.6. The van der Waals surface area contributed by atoms with Crippen LogP contribution in [0.3, 0.4) is 0 Å². The van der Waals surface area contributed by atoms with Crippen molar-refractivity contribution in [2.24, 2.45) is 11.8 Å². The summed E-state index contributed by atoms with van der Waals surface area (Å²) >= 11 is 4.55. The highest BCUT2D eigenvalue weighted by Crippen LogP contribution is 2.50. The molecule has 8 rings (SSSR count). The van der Waals surface area contributed by atoms with E-state index in [1.165, 1.54) is 23.5 Å². The van der Waals surface area contributed by atoms with Crippen LogP contribution in [0.25, 0.3) is 0 Å². The highest BCUT2D eigenvalue weighted by molar-refractivity contribution is 8.01. The minimum absolute atomic E-state index is 0.0361. The van der Waals surface area contributed by atoms with Gasteiger partial charge in [0.2, 0.25) is 5.91 Å². The van der Waals surface area contributed by atoms with Crippen LogP contribution in [0.1, 0.15) is 22.8 Å². The summed E-state index contributed by atoms with van der Waals surface area (Å²) in [5, 5.41) is 14.7. The van der Waals surface area contributed by atoms with E-state index in [2.05, 4.69) is 54.4 Å². The van der Waals surface area contributed by atoms with Gasteiger partial charge in [-0.15, -0.1) is 11.8 Å². The Bertz CT molecular complexity index is 1780. The van der Waals surface area contributed by atoms with Crippen molar-refractivity contribution in [2.45, 2.75) is 62.9 Å². The predicted molar refractivity (Wildman–Crippen MR) is 203 cm³/mol. The Morgan fingerprint density at radius 2 is 1.56 bits per heavy atom. The molecule has 0 saturated carbocycles. The molecule has 0 bridgehead atoms. The first-order chi connectivity index (χ1) is 25.3. The molecule has 0 spiro atoms. The molecule has 14 nitrogen and oxygen atoms in total. The SMILES string of the molecule is CN(C)C1NNC(C2CNNC2NC(=O)C2Nc3ccc(C4CC(C(=O)NCc5ccccc5)C(NC(=O)C5Nc6ccccc6S5)S4)cc3S2)O1. The number of amides is 3. The van der Waals surface area contributed by atoms with Gasteiger partial charge in [-0.05, 0) is 55.9 Å². The number of carbonyl (C=O) groups is 3. The van der Waals surface area contributed by atoms with Crippen LogP contribution < -0.4 is 48.3 Å². The zero-order valence-corrected chi connectivity index (χ0v) is 31.0. The molecule has 3 fully saturated rings. The van der Waals surface area contributed by atoms with Gasteiger partial charge >= 0.3 is 0 Å². The van der Waals surface area contributed by atoms with Gasteiger partial charge in [-0.1, -0.05) is 72.1 Å². The lowest BCUT2D eigenvalue weighted by molar-refractivity contribution is -0.126. The minimum Gasteiger partial charge on any atom is -0.364 e. The molecule has 274 valence electrons. The number of rotatable bonds is 10. The van der Waals surface area contributed by atoms with Crippen molar-refractivity contribution in [3.05, 3.63) is 83.9 Å². The maximum absolute atomic E-state index is 13.7. The summed E-state index contributed by atoms with van der Waals surface area (Å²) < 4.78 is 6.08. The monoisotopic (exact) mass is 762 g/mol. The number of hydrogen-bond acceptors (Lipinski definition) is 14. The molecule has 0 radical (unpaired) electrons. The van der Waals surface area contributed by atoms with E-state index in [1.807, 2.05) is 85.7 Å². The Morgan fingerprint density at radius 3 is 2.33 bits per heavy atom. The first-order valence-electron chi connectivity index (χ1n) is 17.3. The van der Waals surface area contributed by atoms with Gasteiger partial charge in [-0.2, -0.15) is 0 Å². The largest absolute Gasteiger partial charge is 0.364 e. The number of anilines is 2. The Hall–Kier alpha value is -3.52. The fraction of sp³-hybridized carbons (Fsp3) is 0.400. The molecule has 3 aromatic carbocycles. The average Bonchev–Trinajstić information content (AvgIpc) is 3.99. The van der Waals surface area contributed by atoms with Crippen molar-refractivity contribution < 1.29 is 19.1 Å². The van der Waals surface area contributed by atoms with Crippen molar-refractivity contribution in [3.63, 3.8) is 0 Å². The van der Waals surface area contributed by atoms with Crippen molar-refractivity contribution in [2.75, 3.05) is 31.3 Å². The summed E-state index contributed by atoms with van der Waals surface area (Å²) in [5.74, 6) is -0.867. The quantitative estimate of drug-likeness (QED) is 0.147. The zero-order chi connectivity index (χ0) is 35.8. The summed E-state index contributed by atoms with van der Waals surface area (Å²) in [6.07, 6.45) is -0.336. The smallest absolute Gasteiger partial charge is 0.254 e. The molecule has 3 amide bonds. The summed E-state index contributed by atoms with van der Waals surface area (Å²) in [5.41, 5.74) is 16.5. The van der Waals surface area contributed by atoms with Crippen LogP contribution in [0, 0.1) is 11.8 Å². The number of benzene rings is 3. The second-order valence-corrected chi connectivity index (χ2v) is 17.1. The highest BCUT2D eigenvalue weighted by Gasteiger charge is 2.44. The first-order valence-corrected chi connectivity index (χ1v) is 20.0. The number of carbonyl (C=O) groups excluding carboxylic acids is 3. The molecule has 3 aromatic rings. The molecule has 9 unspecified atom stereocenters. The van der Waals surface area contributed by atoms with Crippen LogP contribution in [0.5, 0.6) is 0 Å². The van der Waals surface area contributed by atoms with E-state index < -0.39 is 22.0 Å². The van der Waals surface area contributed by atoms with Crippen LogP contribution >= 0.6 is 35.3 Å². The highest BCUT2D eigenvalue weighted by atomic mass is 32.2. The molecule has 17 heteroatoms. The van der Waals surface area contributed by atoms with E-state index in [0.717, 1.165) is 32.3 Å². The second-order valence-electron chi connectivity index (χ2n) is 13.5. The van der Waals surface area contributed by atoms with Gasteiger partial charge < -0.3 is 31.3 Å². The van der Waals surface area contributed by atoms with Crippen LogP contribution in [0.15, 0.2) is 82.6 Å². The number of para-hydroxylation sites is 1. The van der Waals surface area contributed by atoms with Crippen LogP contribution in [0.2, 0.25) is 0 Å². The number of hydrogen-bond donors (Lipinski definition) is 9. The van der Waals surface area contributed by atoms with Gasteiger partial charge in [0.25, 0.3) is 11.8 Å². The summed E-state index contributed by atoms with van der Waals surface area (Å²) in [4.78, 5) is 44.7. The van der Waals surface area contributed by atoms with Crippen LogP contribution in [-0.2, 0) is 25.7 Å². The lowest BCUT2D eigenvalue weighted by atomic mass is 9.98. The summed E-state index contributed by atoms with van der Waals surface area (Å²) in [7, 11) is 3.85. The van der Waals surface area contributed by atoms with E-state index in [4.69, 9.17) is 4.74 Å². The maximum Gasteiger partial charge on any atom is 0.254 e. The predicted octanol–water partition coefficient (Wildman–Crippen LogP) is 2.09. The van der Waals surface area contributed by atoms with E-state index in [1.54, 1.807) is 11.8 Å². The average molecular weight is 763 g/mol. The third-order valence-electron chi connectivity index (χ3n) is 9.68. The molecule has 3 saturated heterocycles. The molecule has 0 aliphatic carbocycles. The van der Waals surface area contributed by atoms with E-state index in [9.17, 15) is 14.4 Å². The molecule has 5 aliphatic heterocycles. The Morgan fingerprint density at radius 1 is 0.827 bits per heavy atom. The Balaban J connectivity index is 0.918. The third-order valence-corrected chi connectivity index (χ3v) is 13.6. The molecule has 5 heterocycles. The summed E-state index contributed by atoms with van der Waals surface area (Å²) in [6, 6.07) is 23.8. The molecular formula is C35H42N10O4S3. The topological polar surface area (TPSA) is 172 Å². The van der Waals surface area contributed by atoms with Gasteiger partial charge in [0.05, 0.1) is 11.3 Å². The van der Waals surface area contributed by atoms with Gasteiger partial charge in [0.1, 0.15) is 12.4 Å². The molecule has 52 heavy (non-hydrogen) atoms. The van der Waals surface area contributed by atoms with Crippen LogP contribution in [-0.4, -0.2) is 78.1 Å². The van der Waals surface area contributed by atoms with Gasteiger partial charge in [0.15, 0.2) is 17.1 Å². The number of hydrazine groups is 2. The minimum atomic E-state index is -0.515. The maximum atomic E-state index is 13.7. The number of ether oxygens (including phenoxy) is 1. The van der Waals surface area contributed by atoms with Crippen molar-refractivity contribution in [3.8, 4) is 0 Å². The lowest BCUT2D eigenvalue weighted by Gasteiger charge is -2.25. The van der Waals surface area contributed by atoms with E-state index in [0.29, 0.717) is 19.5 Å². The molecular weight excluding hydrogens is 721 g/mol. The second kappa shape index (κ2) is 15.5.